The molecule has 1 saturated carbocycles. The van der Waals surface area contributed by atoms with Crippen molar-refractivity contribution in [3.8, 4) is 0 Å². The molecule has 2 nitrogen and oxygen atoms in total. The van der Waals surface area contributed by atoms with E-state index in [0.717, 1.165) is 12.5 Å². The third-order valence-corrected chi connectivity index (χ3v) is 2.41. The number of hydrogen-bond donors (Lipinski definition) is 0. The van der Waals surface area contributed by atoms with Crippen LogP contribution < -0.4 is 0 Å². The summed E-state index contributed by atoms with van der Waals surface area (Å²) in [6, 6.07) is 2.05. The molecule has 0 atom stereocenters. The van der Waals surface area contributed by atoms with E-state index in [1.807, 2.05) is 6.07 Å². The van der Waals surface area contributed by atoms with Crippen LogP contribution in [0, 0.1) is 6.20 Å². The second-order valence-corrected chi connectivity index (χ2v) is 3.55. The first kappa shape index (κ1) is 7.84. The summed E-state index contributed by atoms with van der Waals surface area (Å²) in [5.41, 5.74) is 1.41. The Balaban J connectivity index is 2.03. The standard InChI is InChI=1S/C10H15N2/c1-2-3-8-12-10(6-7-11-12)9-4-5-9/h6,9H,2-5,8H2,1H3. The van der Waals surface area contributed by atoms with Gasteiger partial charge in [-0.3, -0.25) is 4.68 Å². The molecule has 0 spiro atoms. The van der Waals surface area contributed by atoms with Crippen molar-refractivity contribution < 1.29 is 0 Å². The molecule has 1 aromatic heterocycles. The van der Waals surface area contributed by atoms with Gasteiger partial charge in [0.25, 0.3) is 0 Å². The van der Waals surface area contributed by atoms with E-state index in [2.05, 4.69) is 22.9 Å². The Morgan fingerprint density at radius 2 is 2.50 bits per heavy atom. The lowest BCUT2D eigenvalue weighted by Crippen LogP contribution is -2.03. The minimum absolute atomic E-state index is 0.806. The van der Waals surface area contributed by atoms with Crippen LogP contribution in [0.3, 0.4) is 0 Å². The molecule has 1 fully saturated rings. The fourth-order valence-corrected chi connectivity index (χ4v) is 1.49. The molecule has 1 aliphatic rings. The van der Waals surface area contributed by atoms with Crippen molar-refractivity contribution in [2.45, 2.75) is 45.1 Å². The van der Waals surface area contributed by atoms with Gasteiger partial charge in [0.1, 0.15) is 6.20 Å². The van der Waals surface area contributed by atoms with E-state index >= 15 is 0 Å². The summed E-state index contributed by atoms with van der Waals surface area (Å²) in [4.78, 5) is 0. The van der Waals surface area contributed by atoms with Gasteiger partial charge in [-0.2, -0.15) is 5.10 Å². The molecule has 0 bridgehead atoms. The Labute approximate surface area is 73.6 Å². The normalized spacial score (nSPS) is 16.8. The maximum atomic E-state index is 4.21. The molecule has 1 radical (unpaired) electrons. The van der Waals surface area contributed by atoms with E-state index in [9.17, 15) is 0 Å². The van der Waals surface area contributed by atoms with Crippen LogP contribution in [0.25, 0.3) is 0 Å². The van der Waals surface area contributed by atoms with Crippen LogP contribution in [0.4, 0.5) is 0 Å². The minimum atomic E-state index is 0.806. The van der Waals surface area contributed by atoms with Gasteiger partial charge in [0, 0.05) is 18.2 Å². The second kappa shape index (κ2) is 3.30. The first-order chi connectivity index (χ1) is 5.92. The van der Waals surface area contributed by atoms with Crippen molar-refractivity contribution in [1.29, 1.82) is 0 Å². The quantitative estimate of drug-likeness (QED) is 0.666. The van der Waals surface area contributed by atoms with E-state index in [-0.39, 0.29) is 0 Å². The van der Waals surface area contributed by atoms with E-state index in [4.69, 9.17) is 0 Å². The maximum absolute atomic E-state index is 4.21. The number of rotatable bonds is 4. The van der Waals surface area contributed by atoms with Crippen molar-refractivity contribution >= 4 is 0 Å². The first-order valence-corrected chi connectivity index (χ1v) is 4.85. The molecule has 12 heavy (non-hydrogen) atoms. The van der Waals surface area contributed by atoms with Crippen LogP contribution in [-0.4, -0.2) is 9.78 Å². The van der Waals surface area contributed by atoms with Crippen LogP contribution in [0.1, 0.15) is 44.2 Å². The van der Waals surface area contributed by atoms with Crippen molar-refractivity contribution in [2.75, 3.05) is 0 Å². The van der Waals surface area contributed by atoms with E-state index in [1.165, 1.54) is 31.4 Å². The topological polar surface area (TPSA) is 17.8 Å². The average molecular weight is 163 g/mol. The fraction of sp³-hybridized carbons (Fsp3) is 0.700. The predicted molar refractivity (Wildman–Crippen MR) is 47.9 cm³/mol. The van der Waals surface area contributed by atoms with Crippen molar-refractivity contribution in [2.24, 2.45) is 0 Å². The largest absolute Gasteiger partial charge is 0.269 e. The van der Waals surface area contributed by atoms with Gasteiger partial charge in [0.15, 0.2) is 0 Å². The number of unbranched alkanes of at least 4 members (excludes halogenated alkanes) is 1. The van der Waals surface area contributed by atoms with Crippen LogP contribution in [0.15, 0.2) is 6.07 Å². The van der Waals surface area contributed by atoms with Crippen LogP contribution in [0.5, 0.6) is 0 Å². The van der Waals surface area contributed by atoms with E-state index < -0.39 is 0 Å². The molecule has 1 heterocycles. The smallest absolute Gasteiger partial charge is 0.113 e. The molecule has 2 rings (SSSR count). The number of nitrogens with zero attached hydrogens (tertiary/aromatic N) is 2. The first-order valence-electron chi connectivity index (χ1n) is 4.85. The number of hydrogen-bond acceptors (Lipinski definition) is 1. The highest BCUT2D eigenvalue weighted by molar-refractivity contribution is 5.13. The Kier molecular flexibility index (Phi) is 2.15. The van der Waals surface area contributed by atoms with Gasteiger partial charge in [-0.15, -0.1) is 0 Å². The Hall–Kier alpha value is -0.790. The van der Waals surface area contributed by atoms with Crippen molar-refractivity contribution in [3.63, 3.8) is 0 Å². The highest BCUT2D eigenvalue weighted by atomic mass is 15.3. The molecule has 1 aromatic rings. The van der Waals surface area contributed by atoms with Crippen LogP contribution in [-0.2, 0) is 6.54 Å². The van der Waals surface area contributed by atoms with Gasteiger partial charge in [-0.1, -0.05) is 13.3 Å². The van der Waals surface area contributed by atoms with Gasteiger partial charge in [-0.05, 0) is 25.3 Å². The molecular weight excluding hydrogens is 148 g/mol. The molecule has 0 aliphatic heterocycles. The summed E-state index contributed by atoms with van der Waals surface area (Å²) in [7, 11) is 0. The summed E-state index contributed by atoms with van der Waals surface area (Å²) < 4.78 is 2.13. The zero-order valence-corrected chi connectivity index (χ0v) is 7.58. The summed E-state index contributed by atoms with van der Waals surface area (Å²) >= 11 is 0. The zero-order chi connectivity index (χ0) is 8.39. The maximum Gasteiger partial charge on any atom is 0.113 e. The van der Waals surface area contributed by atoms with Gasteiger partial charge >= 0.3 is 0 Å². The molecule has 2 heteroatoms. The summed E-state index contributed by atoms with van der Waals surface area (Å²) in [6.07, 6.45) is 8.12. The molecule has 0 N–H and O–H groups in total. The lowest BCUT2D eigenvalue weighted by molar-refractivity contribution is 0.548. The van der Waals surface area contributed by atoms with E-state index in [0.29, 0.717) is 0 Å². The number of aryl methyl sites for hydroxylation is 1. The van der Waals surface area contributed by atoms with Crippen LogP contribution >= 0.6 is 0 Å². The molecule has 0 saturated heterocycles. The Bertz CT molecular complexity index is 248. The monoisotopic (exact) mass is 163 g/mol. The third-order valence-electron chi connectivity index (χ3n) is 2.41. The third kappa shape index (κ3) is 1.52. The van der Waals surface area contributed by atoms with Crippen LogP contribution in [0.2, 0.25) is 0 Å². The van der Waals surface area contributed by atoms with E-state index in [1.54, 1.807) is 0 Å². The van der Waals surface area contributed by atoms with Crippen molar-refractivity contribution in [1.82, 2.24) is 9.78 Å². The molecule has 0 amide bonds. The molecule has 1 aliphatic carbocycles. The summed E-state index contributed by atoms with van der Waals surface area (Å²) in [5, 5.41) is 4.21. The highest BCUT2D eigenvalue weighted by Crippen LogP contribution is 2.39. The van der Waals surface area contributed by atoms with Gasteiger partial charge in [-0.25, -0.2) is 0 Å². The summed E-state index contributed by atoms with van der Waals surface area (Å²) in [6.45, 7) is 3.29. The van der Waals surface area contributed by atoms with Gasteiger partial charge in [0.2, 0.25) is 0 Å². The molecule has 0 aromatic carbocycles. The number of aromatic nitrogens is 2. The zero-order valence-electron chi connectivity index (χ0n) is 7.58. The lowest BCUT2D eigenvalue weighted by atomic mass is 10.3. The van der Waals surface area contributed by atoms with Gasteiger partial charge in [0.05, 0.1) is 0 Å². The lowest BCUT2D eigenvalue weighted by Gasteiger charge is -2.04. The van der Waals surface area contributed by atoms with Gasteiger partial charge < -0.3 is 0 Å². The average Bonchev–Trinajstić information content (AvgIpc) is 2.83. The van der Waals surface area contributed by atoms with Crippen molar-refractivity contribution in [3.05, 3.63) is 18.0 Å². The fourth-order valence-electron chi connectivity index (χ4n) is 1.49. The minimum Gasteiger partial charge on any atom is -0.269 e. The SMILES string of the molecule is CCCCn1n[c]cc1C1CC1. The molecule has 65 valence electrons. The molecular formula is C10H15N2. The Morgan fingerprint density at radius 3 is 3.17 bits per heavy atom. The second-order valence-electron chi connectivity index (χ2n) is 3.55. The Morgan fingerprint density at radius 1 is 1.67 bits per heavy atom. The highest BCUT2D eigenvalue weighted by Gasteiger charge is 2.26. The molecule has 0 unspecified atom stereocenters. The summed E-state index contributed by atoms with van der Waals surface area (Å²) in [5.74, 6) is 0.806. The predicted octanol–water partition coefficient (Wildman–Crippen LogP) is 2.36.